The lowest BCUT2D eigenvalue weighted by atomic mass is 9.72. The maximum atomic E-state index is 13.4. The van der Waals surface area contributed by atoms with Crippen molar-refractivity contribution in [1.82, 2.24) is 14.9 Å². The smallest absolute Gasteiger partial charge is 0.229 e. The van der Waals surface area contributed by atoms with Crippen molar-refractivity contribution in [3.63, 3.8) is 0 Å². The third-order valence-corrected chi connectivity index (χ3v) is 10.1. The molecule has 2 fully saturated rings. The lowest BCUT2D eigenvalue weighted by Gasteiger charge is -2.53. The molecule has 11 heteroatoms. The van der Waals surface area contributed by atoms with Crippen LogP contribution in [0.2, 0.25) is 0 Å². The third-order valence-electron chi connectivity index (χ3n) is 8.52. The van der Waals surface area contributed by atoms with Gasteiger partial charge in [0.2, 0.25) is 5.95 Å². The SMILES string of the molecule is CNc1c(C=N)ccc(Nc2nc(Nc3cc(C)c(N4CCC5(CC4)CN(C)C5)cc3OC)ncc2C)c1P(C)(C)=O. The van der Waals surface area contributed by atoms with Crippen molar-refractivity contribution in [2.75, 3.05) is 81.6 Å². The number of hydrogen-bond acceptors (Lipinski definition) is 10. The molecule has 3 aromatic rings. The van der Waals surface area contributed by atoms with E-state index in [0.717, 1.165) is 30.1 Å². The van der Waals surface area contributed by atoms with Crippen molar-refractivity contribution >= 4 is 53.2 Å². The summed E-state index contributed by atoms with van der Waals surface area (Å²) in [6, 6.07) is 7.90. The minimum absolute atomic E-state index is 0.422. The molecule has 10 nitrogen and oxygen atoms in total. The molecule has 3 heterocycles. The largest absolute Gasteiger partial charge is 0.494 e. The van der Waals surface area contributed by atoms with Gasteiger partial charge >= 0.3 is 0 Å². The average molecular weight is 591 g/mol. The Hall–Kier alpha value is -3.62. The van der Waals surface area contributed by atoms with Gasteiger partial charge in [-0.2, -0.15) is 4.98 Å². The highest BCUT2D eigenvalue weighted by Gasteiger charge is 2.43. The second-order valence-electron chi connectivity index (χ2n) is 12.1. The summed E-state index contributed by atoms with van der Waals surface area (Å²) >= 11 is 0. The molecule has 2 aliphatic heterocycles. The van der Waals surface area contributed by atoms with Crippen LogP contribution in [0.1, 0.15) is 29.5 Å². The van der Waals surface area contributed by atoms with Crippen LogP contribution in [0, 0.1) is 24.7 Å². The van der Waals surface area contributed by atoms with Crippen molar-refractivity contribution in [2.45, 2.75) is 26.7 Å². The van der Waals surface area contributed by atoms with E-state index < -0.39 is 7.14 Å². The first kappa shape index (κ1) is 29.9. The zero-order valence-corrected chi connectivity index (χ0v) is 26.7. The fourth-order valence-electron chi connectivity index (χ4n) is 6.45. The summed E-state index contributed by atoms with van der Waals surface area (Å²) in [5, 5.41) is 18.3. The maximum absolute atomic E-state index is 13.4. The van der Waals surface area contributed by atoms with Crippen molar-refractivity contribution in [1.29, 1.82) is 5.41 Å². The molecule has 224 valence electrons. The molecule has 1 spiro atoms. The number of aryl methyl sites for hydroxylation is 2. The summed E-state index contributed by atoms with van der Waals surface area (Å²) in [5.41, 5.74) is 6.55. The minimum atomic E-state index is -2.72. The van der Waals surface area contributed by atoms with Gasteiger partial charge in [-0.25, -0.2) is 4.98 Å². The molecule has 0 atom stereocenters. The first-order chi connectivity index (χ1) is 20.0. The number of nitrogens with one attached hydrogen (secondary N) is 4. The van der Waals surface area contributed by atoms with Gasteiger partial charge in [0.1, 0.15) is 18.7 Å². The maximum Gasteiger partial charge on any atom is 0.229 e. The standard InChI is InChI=1S/C31H43N8O2P/c1-20-14-24(26(41-5)15-25(20)39-12-10-31(11-13-39)18-38(4)19-31)36-30-34-17-21(2)29(37-30)35-23-9-8-22(16-32)27(33-3)28(23)42(6,7)40/h8-9,14-17,32-33H,10-13,18-19H2,1-7H3,(H2,34,35,36,37). The molecule has 0 radical (unpaired) electrons. The highest BCUT2D eigenvalue weighted by molar-refractivity contribution is 7.70. The van der Waals surface area contributed by atoms with E-state index in [0.29, 0.717) is 39.4 Å². The first-order valence-electron chi connectivity index (χ1n) is 14.4. The molecule has 0 aliphatic carbocycles. The zero-order chi connectivity index (χ0) is 30.2. The van der Waals surface area contributed by atoms with Crippen molar-refractivity contribution in [3.05, 3.63) is 47.2 Å². The van der Waals surface area contributed by atoms with Gasteiger partial charge in [0.15, 0.2) is 0 Å². The van der Waals surface area contributed by atoms with Crippen LogP contribution in [0.3, 0.4) is 0 Å². The second kappa shape index (κ2) is 11.6. The van der Waals surface area contributed by atoms with Crippen LogP contribution in [0.25, 0.3) is 0 Å². The lowest BCUT2D eigenvalue weighted by Crippen LogP contribution is -2.58. The molecule has 1 aromatic heterocycles. The Labute approximate surface area is 249 Å². The lowest BCUT2D eigenvalue weighted by molar-refractivity contribution is 0.00130. The molecule has 0 saturated carbocycles. The fraction of sp³-hybridized carbons (Fsp3) is 0.452. The predicted molar refractivity (Wildman–Crippen MR) is 175 cm³/mol. The van der Waals surface area contributed by atoms with Crippen molar-refractivity contribution in [2.24, 2.45) is 5.41 Å². The molecule has 42 heavy (non-hydrogen) atoms. The van der Waals surface area contributed by atoms with E-state index in [2.05, 4.69) is 56.8 Å². The summed E-state index contributed by atoms with van der Waals surface area (Å²) < 4.78 is 19.2. The highest BCUT2D eigenvalue weighted by atomic mass is 31.2. The van der Waals surface area contributed by atoms with E-state index in [1.54, 1.807) is 33.7 Å². The van der Waals surface area contributed by atoms with Gasteiger partial charge in [0.25, 0.3) is 0 Å². The number of piperidine rings is 1. The number of benzene rings is 2. The third kappa shape index (κ3) is 5.83. The Morgan fingerprint density at radius 2 is 1.79 bits per heavy atom. The van der Waals surface area contributed by atoms with Crippen LogP contribution in [-0.2, 0) is 4.57 Å². The van der Waals surface area contributed by atoms with Crippen LogP contribution < -0.4 is 30.9 Å². The van der Waals surface area contributed by atoms with Crippen LogP contribution in [0.5, 0.6) is 5.75 Å². The average Bonchev–Trinajstić information content (AvgIpc) is 2.94. The molecular weight excluding hydrogens is 547 g/mol. The predicted octanol–water partition coefficient (Wildman–Crippen LogP) is 5.41. The molecule has 2 aliphatic rings. The number of methoxy groups -OCH3 is 1. The van der Waals surface area contributed by atoms with E-state index in [-0.39, 0.29) is 0 Å². The van der Waals surface area contributed by atoms with E-state index in [1.807, 2.05) is 19.1 Å². The monoisotopic (exact) mass is 590 g/mol. The van der Waals surface area contributed by atoms with Crippen molar-refractivity contribution in [3.8, 4) is 5.75 Å². The van der Waals surface area contributed by atoms with Gasteiger partial charge in [0, 0.05) is 68.5 Å². The topological polar surface area (TPSA) is 118 Å². The van der Waals surface area contributed by atoms with Gasteiger partial charge in [0.05, 0.1) is 29.5 Å². The molecule has 2 aromatic carbocycles. The van der Waals surface area contributed by atoms with E-state index in [1.165, 1.54) is 43.4 Å². The van der Waals surface area contributed by atoms with Gasteiger partial charge in [-0.3, -0.25) is 0 Å². The Balaban J connectivity index is 1.40. The van der Waals surface area contributed by atoms with Crippen LogP contribution in [0.4, 0.5) is 34.5 Å². The van der Waals surface area contributed by atoms with Gasteiger partial charge in [-0.1, -0.05) is 0 Å². The number of nitrogens with zero attached hydrogens (tertiary/aromatic N) is 4. The number of hydrogen-bond donors (Lipinski definition) is 4. The molecule has 0 bridgehead atoms. The van der Waals surface area contributed by atoms with E-state index in [4.69, 9.17) is 15.1 Å². The van der Waals surface area contributed by atoms with Crippen LogP contribution >= 0.6 is 7.14 Å². The number of ether oxygens (including phenoxy) is 1. The second-order valence-corrected chi connectivity index (χ2v) is 15.3. The summed E-state index contributed by atoms with van der Waals surface area (Å²) in [5.74, 6) is 1.76. The quantitative estimate of drug-likeness (QED) is 0.192. The first-order valence-corrected chi connectivity index (χ1v) is 17.0. The summed E-state index contributed by atoms with van der Waals surface area (Å²) in [7, 11) is 2.95. The fourth-order valence-corrected chi connectivity index (χ4v) is 7.94. The highest BCUT2D eigenvalue weighted by Crippen LogP contribution is 2.44. The Bertz CT molecular complexity index is 1540. The Kier molecular flexibility index (Phi) is 8.23. The number of anilines is 6. The summed E-state index contributed by atoms with van der Waals surface area (Å²) in [6.07, 6.45) is 5.47. The van der Waals surface area contributed by atoms with Crippen LogP contribution in [0.15, 0.2) is 30.5 Å². The minimum Gasteiger partial charge on any atom is -0.494 e. The molecule has 5 rings (SSSR count). The van der Waals surface area contributed by atoms with Crippen LogP contribution in [-0.4, -0.2) is 81.8 Å². The summed E-state index contributed by atoms with van der Waals surface area (Å²) in [6.45, 7) is 12.1. The zero-order valence-electron chi connectivity index (χ0n) is 25.8. The van der Waals surface area contributed by atoms with Gasteiger partial charge < -0.3 is 40.5 Å². The molecule has 4 N–H and O–H groups in total. The van der Waals surface area contributed by atoms with E-state index >= 15 is 0 Å². The number of rotatable bonds is 9. The number of likely N-dealkylation sites (tertiary alicyclic amines) is 1. The van der Waals surface area contributed by atoms with Gasteiger partial charge in [-0.05, 0) is 76.2 Å². The Morgan fingerprint density at radius 1 is 1.07 bits per heavy atom. The molecule has 2 saturated heterocycles. The molecular formula is C31H43N8O2P. The van der Waals surface area contributed by atoms with Gasteiger partial charge in [-0.15, -0.1) is 0 Å². The Morgan fingerprint density at radius 3 is 2.38 bits per heavy atom. The molecule has 0 unspecified atom stereocenters. The molecule has 0 amide bonds. The normalized spacial score (nSPS) is 16.6. The summed E-state index contributed by atoms with van der Waals surface area (Å²) in [4.78, 5) is 14.2. The van der Waals surface area contributed by atoms with E-state index in [9.17, 15) is 4.57 Å². The number of aromatic nitrogens is 2. The van der Waals surface area contributed by atoms with Crippen molar-refractivity contribution < 1.29 is 9.30 Å².